The summed E-state index contributed by atoms with van der Waals surface area (Å²) in [6, 6.07) is 19.7. The van der Waals surface area contributed by atoms with Crippen LogP contribution in [-0.2, 0) is 0 Å². The highest BCUT2D eigenvalue weighted by atomic mass is 15.4. The van der Waals surface area contributed by atoms with Gasteiger partial charge in [-0.2, -0.15) is 0 Å². The molecule has 0 spiro atoms. The fraction of sp³-hybridized carbons (Fsp3) is 0.222. The zero-order chi connectivity index (χ0) is 14.1. The second kappa shape index (κ2) is 5.04. The average molecular weight is 264 g/mol. The lowest BCUT2D eigenvalue weighted by Crippen LogP contribution is -2.20. The van der Waals surface area contributed by atoms with Gasteiger partial charge >= 0.3 is 0 Å². The van der Waals surface area contributed by atoms with Crippen molar-refractivity contribution in [3.05, 3.63) is 71.5 Å². The standard InChI is InChI=1S/C18H20N2/c1-13-8-9-14(2)20(13)19-15(3)17-11-10-16-6-4-5-7-18(16)12-17/h4-12,15,19H,1-3H3. The molecule has 20 heavy (non-hydrogen) atoms. The first-order valence-corrected chi connectivity index (χ1v) is 7.05. The van der Waals surface area contributed by atoms with Gasteiger partial charge in [0.2, 0.25) is 0 Å². The van der Waals surface area contributed by atoms with Gasteiger partial charge in [0.05, 0.1) is 6.04 Å². The van der Waals surface area contributed by atoms with Crippen molar-refractivity contribution in [3.63, 3.8) is 0 Å². The van der Waals surface area contributed by atoms with E-state index < -0.39 is 0 Å². The molecule has 1 N–H and O–H groups in total. The van der Waals surface area contributed by atoms with Gasteiger partial charge in [-0.1, -0.05) is 36.4 Å². The van der Waals surface area contributed by atoms with E-state index in [0.717, 1.165) is 0 Å². The molecule has 2 aromatic carbocycles. The molecule has 1 atom stereocenters. The van der Waals surface area contributed by atoms with Crippen LogP contribution in [0.4, 0.5) is 0 Å². The number of rotatable bonds is 3. The van der Waals surface area contributed by atoms with Crippen LogP contribution in [-0.4, -0.2) is 4.68 Å². The fourth-order valence-corrected chi connectivity index (χ4v) is 2.62. The molecule has 0 saturated heterocycles. The summed E-state index contributed by atoms with van der Waals surface area (Å²) >= 11 is 0. The number of hydrogen-bond donors (Lipinski definition) is 1. The maximum Gasteiger partial charge on any atom is 0.0645 e. The molecular formula is C18H20N2. The van der Waals surface area contributed by atoms with Crippen molar-refractivity contribution in [2.24, 2.45) is 0 Å². The largest absolute Gasteiger partial charge is 0.319 e. The smallest absolute Gasteiger partial charge is 0.0645 e. The van der Waals surface area contributed by atoms with E-state index in [4.69, 9.17) is 0 Å². The van der Waals surface area contributed by atoms with Crippen LogP contribution in [0.3, 0.4) is 0 Å². The number of hydrogen-bond acceptors (Lipinski definition) is 1. The van der Waals surface area contributed by atoms with Crippen LogP contribution in [0.1, 0.15) is 29.9 Å². The third-order valence-corrected chi connectivity index (χ3v) is 3.87. The van der Waals surface area contributed by atoms with Gasteiger partial charge in [-0.25, -0.2) is 0 Å². The van der Waals surface area contributed by atoms with Crippen molar-refractivity contribution >= 4 is 10.8 Å². The van der Waals surface area contributed by atoms with Crippen molar-refractivity contribution in [1.82, 2.24) is 4.68 Å². The Balaban J connectivity index is 1.90. The van der Waals surface area contributed by atoms with Gasteiger partial charge in [0, 0.05) is 11.4 Å². The summed E-state index contributed by atoms with van der Waals surface area (Å²) in [6.07, 6.45) is 0. The van der Waals surface area contributed by atoms with Gasteiger partial charge in [-0.15, -0.1) is 0 Å². The van der Waals surface area contributed by atoms with E-state index in [-0.39, 0.29) is 6.04 Å². The number of aryl methyl sites for hydroxylation is 2. The van der Waals surface area contributed by atoms with E-state index in [2.05, 4.69) is 85.5 Å². The third kappa shape index (κ3) is 2.29. The Hall–Kier alpha value is -2.22. The van der Waals surface area contributed by atoms with Crippen LogP contribution in [0.5, 0.6) is 0 Å². The number of aromatic nitrogens is 1. The predicted octanol–water partition coefficient (Wildman–Crippen LogP) is 4.56. The minimum atomic E-state index is 0.268. The second-order valence-corrected chi connectivity index (χ2v) is 5.41. The molecule has 0 radical (unpaired) electrons. The molecule has 0 amide bonds. The highest BCUT2D eigenvalue weighted by Gasteiger charge is 2.08. The van der Waals surface area contributed by atoms with E-state index in [1.165, 1.54) is 27.7 Å². The first-order valence-electron chi connectivity index (χ1n) is 7.05. The van der Waals surface area contributed by atoms with E-state index in [9.17, 15) is 0 Å². The van der Waals surface area contributed by atoms with Crippen LogP contribution >= 0.6 is 0 Å². The summed E-state index contributed by atoms with van der Waals surface area (Å²) in [6.45, 7) is 6.43. The van der Waals surface area contributed by atoms with Gasteiger partial charge in [-0.3, -0.25) is 4.68 Å². The molecule has 1 heterocycles. The number of fused-ring (bicyclic) bond motifs is 1. The molecule has 1 unspecified atom stereocenters. The Kier molecular flexibility index (Phi) is 3.23. The molecule has 3 aromatic rings. The van der Waals surface area contributed by atoms with Crippen molar-refractivity contribution in [3.8, 4) is 0 Å². The SMILES string of the molecule is Cc1ccc(C)n1NC(C)c1ccc2ccccc2c1. The summed E-state index contributed by atoms with van der Waals surface area (Å²) in [4.78, 5) is 0. The fourth-order valence-electron chi connectivity index (χ4n) is 2.62. The van der Waals surface area contributed by atoms with Crippen molar-refractivity contribution in [2.75, 3.05) is 5.43 Å². The highest BCUT2D eigenvalue weighted by Crippen LogP contribution is 2.21. The lowest BCUT2D eigenvalue weighted by Gasteiger charge is -2.20. The monoisotopic (exact) mass is 264 g/mol. The molecular weight excluding hydrogens is 244 g/mol. The topological polar surface area (TPSA) is 17.0 Å². The summed E-state index contributed by atoms with van der Waals surface area (Å²) in [7, 11) is 0. The minimum absolute atomic E-state index is 0.268. The van der Waals surface area contributed by atoms with E-state index >= 15 is 0 Å². The van der Waals surface area contributed by atoms with E-state index in [1.54, 1.807) is 0 Å². The van der Waals surface area contributed by atoms with Crippen LogP contribution < -0.4 is 5.43 Å². The molecule has 0 aliphatic heterocycles. The zero-order valence-electron chi connectivity index (χ0n) is 12.2. The van der Waals surface area contributed by atoms with Crippen LogP contribution in [0.15, 0.2) is 54.6 Å². The van der Waals surface area contributed by atoms with Crippen LogP contribution in [0.2, 0.25) is 0 Å². The second-order valence-electron chi connectivity index (χ2n) is 5.41. The number of benzene rings is 2. The molecule has 0 aliphatic carbocycles. The molecule has 2 heteroatoms. The van der Waals surface area contributed by atoms with Crippen LogP contribution in [0, 0.1) is 13.8 Å². The van der Waals surface area contributed by atoms with Gasteiger partial charge in [0.15, 0.2) is 0 Å². The van der Waals surface area contributed by atoms with E-state index in [1.807, 2.05) is 0 Å². The molecule has 0 saturated carbocycles. The first-order chi connectivity index (χ1) is 9.65. The minimum Gasteiger partial charge on any atom is -0.319 e. The van der Waals surface area contributed by atoms with Crippen molar-refractivity contribution in [2.45, 2.75) is 26.8 Å². The lowest BCUT2D eigenvalue weighted by molar-refractivity contribution is 0.700. The van der Waals surface area contributed by atoms with Gasteiger partial charge in [0.1, 0.15) is 0 Å². The summed E-state index contributed by atoms with van der Waals surface area (Å²) in [5, 5.41) is 2.58. The first kappa shape index (κ1) is 12.8. The quantitative estimate of drug-likeness (QED) is 0.733. The Morgan fingerprint density at radius 1 is 0.850 bits per heavy atom. The predicted molar refractivity (Wildman–Crippen MR) is 85.6 cm³/mol. The number of nitrogens with zero attached hydrogens (tertiary/aromatic N) is 1. The Labute approximate surface area is 120 Å². The van der Waals surface area contributed by atoms with Gasteiger partial charge in [-0.05, 0) is 55.3 Å². The third-order valence-electron chi connectivity index (χ3n) is 3.87. The molecule has 1 aromatic heterocycles. The molecule has 0 bridgehead atoms. The zero-order valence-corrected chi connectivity index (χ0v) is 12.2. The molecule has 102 valence electrons. The van der Waals surface area contributed by atoms with Gasteiger partial charge < -0.3 is 5.43 Å². The Morgan fingerprint density at radius 3 is 2.20 bits per heavy atom. The molecule has 2 nitrogen and oxygen atoms in total. The van der Waals surface area contributed by atoms with Crippen LogP contribution in [0.25, 0.3) is 10.8 Å². The normalized spacial score (nSPS) is 12.6. The maximum absolute atomic E-state index is 3.56. The lowest BCUT2D eigenvalue weighted by atomic mass is 10.0. The summed E-state index contributed by atoms with van der Waals surface area (Å²) < 4.78 is 2.15. The number of nitrogens with one attached hydrogen (secondary N) is 1. The summed E-state index contributed by atoms with van der Waals surface area (Å²) in [5.41, 5.74) is 7.32. The van der Waals surface area contributed by atoms with Crippen molar-refractivity contribution < 1.29 is 0 Å². The Bertz CT molecular complexity index is 721. The van der Waals surface area contributed by atoms with Gasteiger partial charge in [0.25, 0.3) is 0 Å². The summed E-state index contributed by atoms with van der Waals surface area (Å²) in [5.74, 6) is 0. The maximum atomic E-state index is 3.56. The molecule has 0 fully saturated rings. The van der Waals surface area contributed by atoms with Crippen molar-refractivity contribution in [1.29, 1.82) is 0 Å². The van der Waals surface area contributed by atoms with E-state index in [0.29, 0.717) is 0 Å². The molecule has 0 aliphatic rings. The average Bonchev–Trinajstić information content (AvgIpc) is 2.78. The molecule has 3 rings (SSSR count). The Morgan fingerprint density at radius 2 is 1.50 bits per heavy atom. The highest BCUT2D eigenvalue weighted by molar-refractivity contribution is 5.83.